The Kier molecular flexibility index (Phi) is 3.20. The first-order chi connectivity index (χ1) is 10.6. The Morgan fingerprint density at radius 1 is 0.913 bits per heavy atom. The molecular formula is C13H6F3NO5S. The van der Waals surface area contributed by atoms with Gasteiger partial charge in [-0.2, -0.15) is 21.6 Å². The quantitative estimate of drug-likeness (QED) is 0.616. The first-order valence-electron chi connectivity index (χ1n) is 6.05. The first kappa shape index (κ1) is 15.4. The van der Waals surface area contributed by atoms with Gasteiger partial charge < -0.3 is 0 Å². The third kappa shape index (κ3) is 2.26. The van der Waals surface area contributed by atoms with Crippen molar-refractivity contribution < 1.29 is 35.5 Å². The zero-order chi connectivity index (χ0) is 17.0. The molecule has 0 spiro atoms. The van der Waals surface area contributed by atoms with Gasteiger partial charge in [0.25, 0.3) is 11.8 Å². The molecule has 3 rings (SSSR count). The van der Waals surface area contributed by atoms with Gasteiger partial charge in [-0.05, 0) is 17.5 Å². The normalized spacial score (nSPS) is 15.3. The fourth-order valence-electron chi connectivity index (χ4n) is 2.22. The van der Waals surface area contributed by atoms with Crippen LogP contribution < -0.4 is 0 Å². The summed E-state index contributed by atoms with van der Waals surface area (Å²) in [6.07, 6.45) is 0. The predicted octanol–water partition coefficient (Wildman–Crippen LogP) is 2.22. The van der Waals surface area contributed by atoms with Crippen molar-refractivity contribution in [3.05, 3.63) is 47.5 Å². The molecule has 0 bridgehead atoms. The molecule has 10 heteroatoms. The van der Waals surface area contributed by atoms with Crippen LogP contribution in [0.3, 0.4) is 0 Å². The van der Waals surface area contributed by atoms with Gasteiger partial charge in [0.1, 0.15) is 0 Å². The Bertz CT molecular complexity index is 901. The summed E-state index contributed by atoms with van der Waals surface area (Å²) in [5.41, 5.74) is -6.03. The lowest BCUT2D eigenvalue weighted by molar-refractivity contribution is -0.0761. The van der Waals surface area contributed by atoms with Crippen molar-refractivity contribution in [1.29, 1.82) is 0 Å². The Labute approximate surface area is 127 Å². The van der Waals surface area contributed by atoms with Crippen molar-refractivity contribution in [3.8, 4) is 0 Å². The van der Waals surface area contributed by atoms with E-state index >= 15 is 0 Å². The molecule has 1 aliphatic rings. The van der Waals surface area contributed by atoms with E-state index in [9.17, 15) is 31.2 Å². The van der Waals surface area contributed by atoms with Crippen LogP contribution in [0.4, 0.5) is 13.2 Å². The van der Waals surface area contributed by atoms with Crippen LogP contribution in [0.5, 0.6) is 0 Å². The van der Waals surface area contributed by atoms with Gasteiger partial charge in [-0.1, -0.05) is 24.3 Å². The van der Waals surface area contributed by atoms with E-state index in [0.29, 0.717) is 5.39 Å². The number of carbonyl (C=O) groups excluding carboxylic acids is 2. The Morgan fingerprint density at radius 3 is 1.83 bits per heavy atom. The number of hydroxylamine groups is 2. The molecular weight excluding hydrogens is 339 g/mol. The fourth-order valence-corrected chi connectivity index (χ4v) is 2.63. The molecule has 0 unspecified atom stereocenters. The molecule has 0 aromatic heterocycles. The summed E-state index contributed by atoms with van der Waals surface area (Å²) in [6.45, 7) is 0. The smallest absolute Gasteiger partial charge is 0.266 e. The van der Waals surface area contributed by atoms with Crippen molar-refractivity contribution in [2.24, 2.45) is 0 Å². The highest BCUT2D eigenvalue weighted by Gasteiger charge is 2.51. The zero-order valence-corrected chi connectivity index (χ0v) is 11.8. The summed E-state index contributed by atoms with van der Waals surface area (Å²) in [7, 11) is -6.15. The number of carbonyl (C=O) groups is 2. The standard InChI is InChI=1S/C13H6F3NO5S/c14-13(15,16)23(20,21)22-17-11(18)8-5-1-3-7-4-2-6-9(10(7)8)12(17)19/h1-6H. The minimum Gasteiger partial charge on any atom is -0.266 e. The Balaban J connectivity index is 2.15. The van der Waals surface area contributed by atoms with Crippen LogP contribution in [-0.4, -0.2) is 30.8 Å². The van der Waals surface area contributed by atoms with E-state index in [1.165, 1.54) is 24.3 Å². The lowest BCUT2D eigenvalue weighted by atomic mass is 9.95. The maximum Gasteiger partial charge on any atom is 0.525 e. The van der Waals surface area contributed by atoms with Crippen LogP contribution in [0.15, 0.2) is 36.4 Å². The molecule has 2 aromatic carbocycles. The Morgan fingerprint density at radius 2 is 1.39 bits per heavy atom. The molecule has 2 aromatic rings. The van der Waals surface area contributed by atoms with Crippen LogP contribution in [0.2, 0.25) is 0 Å². The monoisotopic (exact) mass is 345 g/mol. The SMILES string of the molecule is O=C1c2cccc3cccc(c23)C(=O)N1OS(=O)(=O)C(F)(F)F. The van der Waals surface area contributed by atoms with Crippen molar-refractivity contribution in [3.63, 3.8) is 0 Å². The van der Waals surface area contributed by atoms with Crippen LogP contribution in [0.25, 0.3) is 10.8 Å². The van der Waals surface area contributed by atoms with Crippen LogP contribution in [0.1, 0.15) is 20.7 Å². The second kappa shape index (κ2) is 4.77. The molecule has 0 atom stereocenters. The van der Waals surface area contributed by atoms with E-state index in [1.807, 2.05) is 0 Å². The van der Waals surface area contributed by atoms with Crippen molar-refractivity contribution in [2.45, 2.75) is 5.51 Å². The van der Waals surface area contributed by atoms with Crippen LogP contribution in [0, 0.1) is 0 Å². The summed E-state index contributed by atoms with van der Waals surface area (Å²) in [6, 6.07) is 8.63. The van der Waals surface area contributed by atoms with E-state index in [2.05, 4.69) is 4.28 Å². The van der Waals surface area contributed by atoms with Crippen LogP contribution >= 0.6 is 0 Å². The molecule has 120 valence electrons. The van der Waals surface area contributed by atoms with E-state index < -0.39 is 27.4 Å². The largest absolute Gasteiger partial charge is 0.525 e. The number of hydrogen-bond donors (Lipinski definition) is 0. The summed E-state index contributed by atoms with van der Waals surface area (Å²) in [5, 5.41) is 0.356. The van der Waals surface area contributed by atoms with Gasteiger partial charge in [-0.15, -0.1) is 9.35 Å². The molecule has 0 radical (unpaired) electrons. The molecule has 6 nitrogen and oxygen atoms in total. The maximum atomic E-state index is 12.4. The topological polar surface area (TPSA) is 80.8 Å². The maximum absolute atomic E-state index is 12.4. The lowest BCUT2D eigenvalue weighted by Crippen LogP contribution is -2.44. The summed E-state index contributed by atoms with van der Waals surface area (Å²) in [4.78, 5) is 24.3. The first-order valence-corrected chi connectivity index (χ1v) is 7.46. The number of benzene rings is 2. The van der Waals surface area contributed by atoms with Gasteiger partial charge in [0.05, 0.1) is 11.1 Å². The third-order valence-corrected chi connectivity index (χ3v) is 4.10. The second-order valence-electron chi connectivity index (χ2n) is 4.59. The molecule has 0 saturated carbocycles. The molecule has 0 saturated heterocycles. The average Bonchev–Trinajstić information content (AvgIpc) is 2.48. The van der Waals surface area contributed by atoms with E-state index in [-0.39, 0.29) is 21.6 Å². The molecule has 1 aliphatic heterocycles. The highest BCUT2D eigenvalue weighted by atomic mass is 32.2. The summed E-state index contributed by atoms with van der Waals surface area (Å²) < 4.78 is 63.1. The van der Waals surface area contributed by atoms with Gasteiger partial charge in [-0.3, -0.25) is 9.59 Å². The van der Waals surface area contributed by atoms with E-state index in [1.54, 1.807) is 12.1 Å². The van der Waals surface area contributed by atoms with Crippen molar-refractivity contribution >= 4 is 32.7 Å². The fraction of sp³-hybridized carbons (Fsp3) is 0.0769. The number of halogens is 3. The molecule has 1 heterocycles. The summed E-state index contributed by atoms with van der Waals surface area (Å²) in [5.74, 6) is -2.57. The minimum absolute atomic E-state index is 0.130. The zero-order valence-electron chi connectivity index (χ0n) is 11.0. The molecule has 2 amide bonds. The highest BCUT2D eigenvalue weighted by molar-refractivity contribution is 7.87. The molecule has 0 aliphatic carbocycles. The van der Waals surface area contributed by atoms with Gasteiger partial charge >= 0.3 is 15.6 Å². The minimum atomic E-state index is -6.15. The van der Waals surface area contributed by atoms with Gasteiger partial charge in [0.15, 0.2) is 0 Å². The highest BCUT2D eigenvalue weighted by Crippen LogP contribution is 2.32. The molecule has 0 N–H and O–H groups in total. The number of nitrogens with zero attached hydrogens (tertiary/aromatic N) is 1. The Hall–Kier alpha value is -2.46. The summed E-state index contributed by atoms with van der Waals surface area (Å²) >= 11 is 0. The number of alkyl halides is 3. The van der Waals surface area contributed by atoms with Crippen LogP contribution in [-0.2, 0) is 14.4 Å². The number of amides is 2. The number of rotatable bonds is 2. The predicted molar refractivity (Wildman–Crippen MR) is 70.5 cm³/mol. The third-order valence-electron chi connectivity index (χ3n) is 3.19. The number of hydrogen-bond acceptors (Lipinski definition) is 5. The second-order valence-corrected chi connectivity index (χ2v) is 6.11. The molecule has 23 heavy (non-hydrogen) atoms. The van der Waals surface area contributed by atoms with Gasteiger partial charge in [0.2, 0.25) is 0 Å². The van der Waals surface area contributed by atoms with Crippen molar-refractivity contribution in [2.75, 3.05) is 0 Å². The van der Waals surface area contributed by atoms with E-state index in [4.69, 9.17) is 0 Å². The molecule has 0 fully saturated rings. The van der Waals surface area contributed by atoms with Gasteiger partial charge in [-0.25, -0.2) is 0 Å². The van der Waals surface area contributed by atoms with E-state index in [0.717, 1.165) is 0 Å². The number of imide groups is 1. The van der Waals surface area contributed by atoms with Crippen molar-refractivity contribution in [1.82, 2.24) is 5.06 Å². The van der Waals surface area contributed by atoms with Gasteiger partial charge in [0, 0.05) is 5.39 Å². The average molecular weight is 345 g/mol. The lowest BCUT2D eigenvalue weighted by Gasteiger charge is -2.25.